The molecular weight excluding hydrogens is 280 g/mol. The molecule has 1 heterocycles. The van der Waals surface area contributed by atoms with Gasteiger partial charge in [-0.3, -0.25) is 4.79 Å². The van der Waals surface area contributed by atoms with Crippen molar-refractivity contribution in [3.8, 4) is 0 Å². The molecule has 1 aliphatic heterocycles. The first kappa shape index (κ1) is 17.7. The molecule has 2 atom stereocenters. The molecule has 1 saturated carbocycles. The molecule has 4 nitrogen and oxygen atoms in total. The zero-order valence-electron chi connectivity index (χ0n) is 14.8. The van der Waals surface area contributed by atoms with E-state index in [1.54, 1.807) is 0 Å². The Bertz CT molecular complexity index is 377. The maximum atomic E-state index is 12.3. The fourth-order valence-corrected chi connectivity index (χ4v) is 3.67. The monoisotopic (exact) mass is 312 g/mol. The van der Waals surface area contributed by atoms with Crippen LogP contribution >= 0.6 is 0 Å². The lowest BCUT2D eigenvalue weighted by atomic mass is 9.76. The van der Waals surface area contributed by atoms with Crippen LogP contribution < -0.4 is 0 Å². The summed E-state index contributed by atoms with van der Waals surface area (Å²) in [6.45, 7) is 10.2. The molecular formula is C18H32O4. The number of ether oxygens (including phenoxy) is 3. The highest BCUT2D eigenvalue weighted by atomic mass is 16.7. The van der Waals surface area contributed by atoms with Gasteiger partial charge in [-0.1, -0.05) is 32.1 Å². The van der Waals surface area contributed by atoms with Crippen molar-refractivity contribution in [2.45, 2.75) is 90.6 Å². The van der Waals surface area contributed by atoms with Gasteiger partial charge in [0.2, 0.25) is 0 Å². The van der Waals surface area contributed by atoms with Crippen LogP contribution in [0.2, 0.25) is 0 Å². The summed E-state index contributed by atoms with van der Waals surface area (Å²) in [6.07, 6.45) is 6.64. The summed E-state index contributed by atoms with van der Waals surface area (Å²) in [4.78, 5) is 12.3. The Kier molecular flexibility index (Phi) is 5.54. The highest BCUT2D eigenvalue weighted by molar-refractivity contribution is 5.70. The molecule has 1 saturated heterocycles. The van der Waals surface area contributed by atoms with Crippen molar-refractivity contribution in [1.29, 1.82) is 0 Å². The van der Waals surface area contributed by atoms with Crippen molar-refractivity contribution < 1.29 is 19.0 Å². The lowest BCUT2D eigenvalue weighted by Gasteiger charge is -2.34. The second kappa shape index (κ2) is 6.88. The van der Waals surface area contributed by atoms with Crippen LogP contribution in [-0.2, 0) is 19.0 Å². The summed E-state index contributed by atoms with van der Waals surface area (Å²) in [6, 6.07) is 0. The minimum atomic E-state index is -0.536. The van der Waals surface area contributed by atoms with Crippen molar-refractivity contribution in [2.75, 3.05) is 6.61 Å². The maximum Gasteiger partial charge on any atom is 0.306 e. The van der Waals surface area contributed by atoms with Crippen molar-refractivity contribution in [3.63, 3.8) is 0 Å². The van der Waals surface area contributed by atoms with Crippen LogP contribution in [-0.4, -0.2) is 30.1 Å². The smallest absolute Gasteiger partial charge is 0.306 e. The van der Waals surface area contributed by atoms with E-state index in [1.807, 2.05) is 34.6 Å². The van der Waals surface area contributed by atoms with Gasteiger partial charge >= 0.3 is 5.97 Å². The Labute approximate surface area is 134 Å². The molecule has 2 fully saturated rings. The largest absolute Gasteiger partial charge is 0.460 e. The lowest BCUT2D eigenvalue weighted by molar-refractivity contribution is -0.164. The Morgan fingerprint density at radius 1 is 1.23 bits per heavy atom. The molecule has 0 radical (unpaired) electrons. The third-order valence-corrected chi connectivity index (χ3v) is 4.59. The van der Waals surface area contributed by atoms with Gasteiger partial charge in [0.1, 0.15) is 5.60 Å². The van der Waals surface area contributed by atoms with Crippen LogP contribution in [0, 0.1) is 11.8 Å². The van der Waals surface area contributed by atoms with Gasteiger partial charge in [0.05, 0.1) is 19.1 Å². The molecule has 0 N–H and O–H groups in total. The lowest BCUT2D eigenvalue weighted by Crippen LogP contribution is -2.36. The molecule has 22 heavy (non-hydrogen) atoms. The van der Waals surface area contributed by atoms with Crippen molar-refractivity contribution >= 4 is 5.97 Å². The second-order valence-electron chi connectivity index (χ2n) is 8.22. The van der Waals surface area contributed by atoms with E-state index in [4.69, 9.17) is 14.2 Å². The molecule has 2 rings (SSSR count). The molecule has 0 aromatic heterocycles. The van der Waals surface area contributed by atoms with Crippen LogP contribution in [0.4, 0.5) is 0 Å². The van der Waals surface area contributed by atoms with Gasteiger partial charge in [0, 0.05) is 5.92 Å². The van der Waals surface area contributed by atoms with Gasteiger partial charge in [-0.25, -0.2) is 0 Å². The molecule has 2 aliphatic rings. The molecule has 4 heteroatoms. The van der Waals surface area contributed by atoms with E-state index < -0.39 is 11.4 Å². The Morgan fingerprint density at radius 3 is 2.36 bits per heavy atom. The Hall–Kier alpha value is -0.610. The van der Waals surface area contributed by atoms with E-state index in [1.165, 1.54) is 32.1 Å². The van der Waals surface area contributed by atoms with E-state index in [0.717, 1.165) is 0 Å². The first-order chi connectivity index (χ1) is 10.2. The molecule has 0 spiro atoms. The van der Waals surface area contributed by atoms with Crippen LogP contribution in [0.25, 0.3) is 0 Å². The number of rotatable bonds is 4. The molecule has 0 aromatic carbocycles. The summed E-state index contributed by atoms with van der Waals surface area (Å²) in [5, 5.41) is 0. The summed E-state index contributed by atoms with van der Waals surface area (Å²) < 4.78 is 17.3. The number of carbonyl (C=O) groups is 1. The topological polar surface area (TPSA) is 44.8 Å². The van der Waals surface area contributed by atoms with Gasteiger partial charge in [0.15, 0.2) is 5.79 Å². The molecule has 0 bridgehead atoms. The fourth-order valence-electron chi connectivity index (χ4n) is 3.67. The highest BCUT2D eigenvalue weighted by Crippen LogP contribution is 2.39. The van der Waals surface area contributed by atoms with Crippen LogP contribution in [0.15, 0.2) is 0 Å². The number of carbonyl (C=O) groups excluding carboxylic acids is 1. The van der Waals surface area contributed by atoms with Crippen molar-refractivity contribution in [2.24, 2.45) is 11.8 Å². The van der Waals surface area contributed by atoms with Crippen molar-refractivity contribution in [3.05, 3.63) is 0 Å². The Morgan fingerprint density at radius 2 is 1.86 bits per heavy atom. The Balaban J connectivity index is 2.03. The summed E-state index contributed by atoms with van der Waals surface area (Å²) in [5.74, 6) is 0.1000. The van der Waals surface area contributed by atoms with Crippen LogP contribution in [0.5, 0.6) is 0 Å². The molecule has 0 unspecified atom stereocenters. The highest BCUT2D eigenvalue weighted by Gasteiger charge is 2.41. The number of esters is 1. The van der Waals surface area contributed by atoms with Gasteiger partial charge in [0.25, 0.3) is 0 Å². The quantitative estimate of drug-likeness (QED) is 0.734. The summed E-state index contributed by atoms with van der Waals surface area (Å²) in [7, 11) is 0. The third-order valence-electron chi connectivity index (χ3n) is 4.59. The van der Waals surface area contributed by atoms with E-state index in [2.05, 4.69) is 0 Å². The van der Waals surface area contributed by atoms with Crippen LogP contribution in [0.3, 0.4) is 0 Å². The summed E-state index contributed by atoms with van der Waals surface area (Å²) in [5.41, 5.74) is -0.430. The predicted molar refractivity (Wildman–Crippen MR) is 85.4 cm³/mol. The normalized spacial score (nSPS) is 27.6. The number of hydrogen-bond acceptors (Lipinski definition) is 4. The number of hydrogen-bond donors (Lipinski definition) is 0. The molecule has 0 amide bonds. The minimum Gasteiger partial charge on any atom is -0.460 e. The van der Waals surface area contributed by atoms with E-state index in [-0.39, 0.29) is 18.0 Å². The average Bonchev–Trinajstić information content (AvgIpc) is 2.75. The third kappa shape index (κ3) is 5.24. The van der Waals surface area contributed by atoms with Crippen molar-refractivity contribution in [1.82, 2.24) is 0 Å². The minimum absolute atomic E-state index is 0.00520. The predicted octanol–water partition coefficient (Wildman–Crippen LogP) is 4.07. The second-order valence-corrected chi connectivity index (χ2v) is 8.22. The van der Waals surface area contributed by atoms with Gasteiger partial charge in [-0.2, -0.15) is 0 Å². The fraction of sp³-hybridized carbons (Fsp3) is 0.944. The van der Waals surface area contributed by atoms with Gasteiger partial charge in [-0.05, 0) is 40.5 Å². The van der Waals surface area contributed by atoms with E-state index in [0.29, 0.717) is 18.9 Å². The standard InChI is InChI=1S/C18H32O4/c1-17(2,3)22-16(19)11-14(13-9-7-6-8-10-13)15-12-20-18(4,5)21-15/h13-15H,6-12H2,1-5H3/t14-,15+/m0/s1. The van der Waals surface area contributed by atoms with Gasteiger partial charge < -0.3 is 14.2 Å². The SMILES string of the molecule is CC(C)(C)OC(=O)C[C@@H](C1CCCCC1)[C@H]1COC(C)(C)O1. The first-order valence-corrected chi connectivity index (χ1v) is 8.70. The molecule has 0 aromatic rings. The maximum absolute atomic E-state index is 12.3. The zero-order valence-corrected chi connectivity index (χ0v) is 14.8. The van der Waals surface area contributed by atoms with Crippen LogP contribution in [0.1, 0.15) is 73.1 Å². The summed E-state index contributed by atoms with van der Waals surface area (Å²) >= 11 is 0. The van der Waals surface area contributed by atoms with E-state index >= 15 is 0 Å². The van der Waals surface area contributed by atoms with Gasteiger partial charge in [-0.15, -0.1) is 0 Å². The first-order valence-electron chi connectivity index (χ1n) is 8.70. The average molecular weight is 312 g/mol. The molecule has 128 valence electrons. The molecule has 1 aliphatic carbocycles. The zero-order chi connectivity index (χ0) is 16.4. The van der Waals surface area contributed by atoms with E-state index in [9.17, 15) is 4.79 Å².